The Morgan fingerprint density at radius 2 is 2.24 bits per heavy atom. The summed E-state index contributed by atoms with van der Waals surface area (Å²) in [4.78, 5) is 13.5. The number of likely N-dealkylation sites (tertiary alicyclic amines) is 1. The zero-order chi connectivity index (χ0) is 12.9. The van der Waals surface area contributed by atoms with Crippen LogP contribution < -0.4 is 0 Å². The van der Waals surface area contributed by atoms with Gasteiger partial charge in [-0.25, -0.2) is 4.79 Å². The summed E-state index contributed by atoms with van der Waals surface area (Å²) in [5.41, 5.74) is -0.432. The molecule has 1 fully saturated rings. The van der Waals surface area contributed by atoms with Gasteiger partial charge in [-0.05, 0) is 33.6 Å². The van der Waals surface area contributed by atoms with Crippen molar-refractivity contribution < 1.29 is 14.3 Å². The zero-order valence-corrected chi connectivity index (χ0v) is 11.1. The minimum atomic E-state index is -0.432. The van der Waals surface area contributed by atoms with Crippen LogP contribution in [0.1, 0.15) is 33.6 Å². The lowest BCUT2D eigenvalue weighted by molar-refractivity contribution is 0.0215. The van der Waals surface area contributed by atoms with Gasteiger partial charge in [-0.15, -0.1) is 6.58 Å². The van der Waals surface area contributed by atoms with Crippen molar-refractivity contribution in [3.8, 4) is 0 Å². The minimum Gasteiger partial charge on any atom is -0.444 e. The van der Waals surface area contributed by atoms with Crippen LogP contribution in [0.3, 0.4) is 0 Å². The second-order valence-electron chi connectivity index (χ2n) is 5.29. The summed E-state index contributed by atoms with van der Waals surface area (Å²) in [5.74, 6) is 0. The number of rotatable bonds is 4. The molecule has 0 N–H and O–H groups in total. The van der Waals surface area contributed by atoms with Crippen LogP contribution in [-0.2, 0) is 9.47 Å². The summed E-state index contributed by atoms with van der Waals surface area (Å²) in [5, 5.41) is 0. The number of carbonyl (C=O) groups excluding carboxylic acids is 1. The van der Waals surface area contributed by atoms with E-state index in [4.69, 9.17) is 9.47 Å². The van der Waals surface area contributed by atoms with Crippen molar-refractivity contribution in [1.82, 2.24) is 4.90 Å². The van der Waals surface area contributed by atoms with Crippen molar-refractivity contribution in [3.63, 3.8) is 0 Å². The van der Waals surface area contributed by atoms with Gasteiger partial charge in [0.05, 0.1) is 19.3 Å². The predicted molar refractivity (Wildman–Crippen MR) is 67.0 cm³/mol. The Morgan fingerprint density at radius 1 is 1.53 bits per heavy atom. The summed E-state index contributed by atoms with van der Waals surface area (Å²) in [7, 11) is 0. The molecule has 1 saturated heterocycles. The molecular weight excluding hydrogens is 218 g/mol. The normalized spacial score (nSPS) is 20.4. The van der Waals surface area contributed by atoms with E-state index in [0.717, 1.165) is 12.8 Å². The van der Waals surface area contributed by atoms with Gasteiger partial charge in [0.1, 0.15) is 5.60 Å². The molecule has 0 bridgehead atoms. The monoisotopic (exact) mass is 241 g/mol. The maximum absolute atomic E-state index is 11.8. The van der Waals surface area contributed by atoms with Gasteiger partial charge in [0.25, 0.3) is 0 Å². The van der Waals surface area contributed by atoms with Gasteiger partial charge in [-0.3, -0.25) is 0 Å². The first-order chi connectivity index (χ1) is 7.92. The van der Waals surface area contributed by atoms with Gasteiger partial charge in [-0.2, -0.15) is 0 Å². The van der Waals surface area contributed by atoms with Gasteiger partial charge < -0.3 is 14.4 Å². The summed E-state index contributed by atoms with van der Waals surface area (Å²) in [6.07, 6.45) is 3.47. The van der Waals surface area contributed by atoms with Gasteiger partial charge in [0.2, 0.25) is 0 Å². The highest BCUT2D eigenvalue weighted by molar-refractivity contribution is 5.68. The van der Waals surface area contributed by atoms with Gasteiger partial charge in [0.15, 0.2) is 0 Å². The first kappa shape index (κ1) is 14.0. The van der Waals surface area contributed by atoms with Crippen molar-refractivity contribution in [1.29, 1.82) is 0 Å². The van der Waals surface area contributed by atoms with E-state index in [0.29, 0.717) is 19.7 Å². The lowest BCUT2D eigenvalue weighted by Crippen LogP contribution is -2.36. The molecule has 0 radical (unpaired) electrons. The van der Waals surface area contributed by atoms with Gasteiger partial charge in [-0.1, -0.05) is 6.08 Å². The SMILES string of the molecule is C=CCCOC1CCN(C(=O)OC(C)(C)C)C1. The van der Waals surface area contributed by atoms with E-state index < -0.39 is 5.60 Å². The third-order valence-electron chi connectivity index (χ3n) is 2.47. The highest BCUT2D eigenvalue weighted by Crippen LogP contribution is 2.17. The smallest absolute Gasteiger partial charge is 0.410 e. The van der Waals surface area contributed by atoms with Crippen LogP contribution in [0.4, 0.5) is 4.79 Å². The second kappa shape index (κ2) is 6.05. The second-order valence-corrected chi connectivity index (χ2v) is 5.29. The summed E-state index contributed by atoms with van der Waals surface area (Å²) in [6.45, 7) is 11.3. The molecule has 1 heterocycles. The predicted octanol–water partition coefficient (Wildman–Crippen LogP) is 2.59. The van der Waals surface area contributed by atoms with Crippen LogP contribution in [0.15, 0.2) is 12.7 Å². The molecule has 0 spiro atoms. The van der Waals surface area contributed by atoms with E-state index in [1.54, 1.807) is 4.90 Å². The molecule has 0 aromatic rings. The third-order valence-corrected chi connectivity index (χ3v) is 2.47. The Kier molecular flexibility index (Phi) is 5.00. The van der Waals surface area contributed by atoms with Crippen molar-refractivity contribution >= 4 is 6.09 Å². The van der Waals surface area contributed by atoms with E-state index in [9.17, 15) is 4.79 Å². The Hall–Kier alpha value is -1.03. The van der Waals surface area contributed by atoms with Crippen LogP contribution in [0.25, 0.3) is 0 Å². The number of amides is 1. The zero-order valence-electron chi connectivity index (χ0n) is 11.1. The number of carbonyl (C=O) groups is 1. The topological polar surface area (TPSA) is 38.8 Å². The third kappa shape index (κ3) is 5.22. The fraction of sp³-hybridized carbons (Fsp3) is 0.769. The Balaban J connectivity index is 2.29. The van der Waals surface area contributed by atoms with Crippen LogP contribution >= 0.6 is 0 Å². The molecule has 17 heavy (non-hydrogen) atoms. The fourth-order valence-corrected chi connectivity index (χ4v) is 1.67. The van der Waals surface area contributed by atoms with Crippen molar-refractivity contribution in [2.24, 2.45) is 0 Å². The van der Waals surface area contributed by atoms with Crippen LogP contribution in [-0.4, -0.2) is 42.4 Å². The molecule has 1 aliphatic heterocycles. The van der Waals surface area contributed by atoms with Crippen molar-refractivity contribution in [2.45, 2.75) is 45.3 Å². The Bertz CT molecular complexity index is 270. The van der Waals surface area contributed by atoms with Gasteiger partial charge >= 0.3 is 6.09 Å². The average Bonchev–Trinajstić information content (AvgIpc) is 2.64. The molecule has 0 saturated carbocycles. The maximum atomic E-state index is 11.8. The first-order valence-electron chi connectivity index (χ1n) is 6.13. The molecule has 0 aliphatic carbocycles. The van der Waals surface area contributed by atoms with Crippen LogP contribution in [0.2, 0.25) is 0 Å². The Morgan fingerprint density at radius 3 is 2.82 bits per heavy atom. The molecule has 0 aromatic heterocycles. The lowest BCUT2D eigenvalue weighted by atomic mass is 10.2. The van der Waals surface area contributed by atoms with Crippen molar-refractivity contribution in [2.75, 3.05) is 19.7 Å². The van der Waals surface area contributed by atoms with E-state index in [1.165, 1.54) is 0 Å². The number of hydrogen-bond acceptors (Lipinski definition) is 3. The Labute approximate surface area is 104 Å². The first-order valence-corrected chi connectivity index (χ1v) is 6.13. The molecule has 4 heteroatoms. The summed E-state index contributed by atoms with van der Waals surface area (Å²) < 4.78 is 10.9. The number of ether oxygens (including phenoxy) is 2. The highest BCUT2D eigenvalue weighted by Gasteiger charge is 2.29. The van der Waals surface area contributed by atoms with Crippen LogP contribution in [0.5, 0.6) is 0 Å². The largest absolute Gasteiger partial charge is 0.444 e. The molecule has 1 aliphatic rings. The van der Waals surface area contributed by atoms with Gasteiger partial charge in [0, 0.05) is 6.54 Å². The van der Waals surface area contributed by atoms with E-state index >= 15 is 0 Å². The average molecular weight is 241 g/mol. The molecule has 1 unspecified atom stereocenters. The molecule has 1 rings (SSSR count). The van der Waals surface area contributed by atoms with E-state index in [-0.39, 0.29) is 12.2 Å². The van der Waals surface area contributed by atoms with E-state index in [2.05, 4.69) is 6.58 Å². The molecular formula is C13H23NO3. The molecule has 98 valence electrons. The lowest BCUT2D eigenvalue weighted by Gasteiger charge is -2.24. The van der Waals surface area contributed by atoms with Crippen molar-refractivity contribution in [3.05, 3.63) is 12.7 Å². The number of hydrogen-bond donors (Lipinski definition) is 0. The standard InChI is InChI=1S/C13H23NO3/c1-5-6-9-16-11-7-8-14(10-11)12(15)17-13(2,3)4/h5,11H,1,6-10H2,2-4H3. The molecule has 4 nitrogen and oxygen atoms in total. The summed E-state index contributed by atoms with van der Waals surface area (Å²) in [6, 6.07) is 0. The number of nitrogens with zero attached hydrogens (tertiary/aromatic N) is 1. The molecule has 1 amide bonds. The summed E-state index contributed by atoms with van der Waals surface area (Å²) >= 11 is 0. The maximum Gasteiger partial charge on any atom is 0.410 e. The quantitative estimate of drug-likeness (QED) is 0.561. The molecule has 1 atom stereocenters. The van der Waals surface area contributed by atoms with E-state index in [1.807, 2.05) is 26.8 Å². The molecule has 0 aromatic carbocycles. The fourth-order valence-electron chi connectivity index (χ4n) is 1.67. The van der Waals surface area contributed by atoms with Crippen LogP contribution in [0, 0.1) is 0 Å². The minimum absolute atomic E-state index is 0.141. The highest BCUT2D eigenvalue weighted by atomic mass is 16.6.